The molecule has 2 N–H and O–H groups in total. The molecule has 0 saturated heterocycles. The van der Waals surface area contributed by atoms with Crippen LogP contribution in [-0.2, 0) is 5.79 Å². The molecule has 10 heavy (non-hydrogen) atoms. The van der Waals surface area contributed by atoms with Crippen molar-refractivity contribution in [1.29, 1.82) is 0 Å². The van der Waals surface area contributed by atoms with E-state index < -0.39 is 5.79 Å². The van der Waals surface area contributed by atoms with Gasteiger partial charge >= 0.3 is 0 Å². The second-order valence-electron chi connectivity index (χ2n) is 2.30. The first-order chi connectivity index (χ1) is 4.61. The Kier molecular flexibility index (Phi) is 1.74. The Morgan fingerprint density at radius 3 is 2.40 bits per heavy atom. The highest BCUT2D eigenvalue weighted by molar-refractivity contribution is 5.16. The van der Waals surface area contributed by atoms with Gasteiger partial charge in [-0.3, -0.25) is 0 Å². The smallest absolute Gasteiger partial charge is 0.187 e. The minimum Gasteiger partial charge on any atom is -0.362 e. The van der Waals surface area contributed by atoms with Gasteiger partial charge in [-0.2, -0.15) is 0 Å². The summed E-state index contributed by atoms with van der Waals surface area (Å²) in [4.78, 5) is 0. The molecular weight excluding hydrogens is 128 g/mol. The Labute approximate surface area is 59.7 Å². The van der Waals surface area contributed by atoms with E-state index in [4.69, 9.17) is 10.2 Å². The molecule has 1 aromatic rings. The van der Waals surface area contributed by atoms with Crippen molar-refractivity contribution in [1.82, 2.24) is 0 Å². The summed E-state index contributed by atoms with van der Waals surface area (Å²) in [6.07, 6.45) is 0. The fourth-order valence-electron chi connectivity index (χ4n) is 0.688. The van der Waals surface area contributed by atoms with Crippen molar-refractivity contribution < 1.29 is 10.2 Å². The molecule has 0 aliphatic rings. The largest absolute Gasteiger partial charge is 0.362 e. The van der Waals surface area contributed by atoms with Gasteiger partial charge in [0.25, 0.3) is 0 Å². The lowest BCUT2D eigenvalue weighted by Crippen LogP contribution is -2.19. The summed E-state index contributed by atoms with van der Waals surface area (Å²) in [5.74, 6) is -1.76. The summed E-state index contributed by atoms with van der Waals surface area (Å²) in [5, 5.41) is 18.0. The first-order valence-electron chi connectivity index (χ1n) is 3.02. The molecule has 0 amide bonds. The summed E-state index contributed by atoms with van der Waals surface area (Å²) in [6.45, 7) is 1.30. The molecule has 0 atom stereocenters. The van der Waals surface area contributed by atoms with Crippen LogP contribution in [0.4, 0.5) is 0 Å². The van der Waals surface area contributed by atoms with E-state index in [1.807, 2.05) is 0 Å². The second kappa shape index (κ2) is 2.40. The number of aliphatic hydroxyl groups is 2. The van der Waals surface area contributed by atoms with Gasteiger partial charge in [0.2, 0.25) is 0 Å². The van der Waals surface area contributed by atoms with Crippen LogP contribution in [0, 0.1) is 6.07 Å². The molecule has 0 aliphatic carbocycles. The zero-order valence-corrected chi connectivity index (χ0v) is 5.70. The van der Waals surface area contributed by atoms with Crippen molar-refractivity contribution in [3.63, 3.8) is 0 Å². The van der Waals surface area contributed by atoms with Crippen LogP contribution in [0.15, 0.2) is 24.3 Å². The number of hydrogen-bond donors (Lipinski definition) is 2. The van der Waals surface area contributed by atoms with Crippen LogP contribution in [0.1, 0.15) is 12.5 Å². The Balaban J connectivity index is 2.97. The van der Waals surface area contributed by atoms with Gasteiger partial charge in [-0.05, 0) is 13.0 Å². The molecule has 1 radical (unpaired) electrons. The van der Waals surface area contributed by atoms with E-state index in [1.165, 1.54) is 6.92 Å². The zero-order chi connectivity index (χ0) is 7.61. The van der Waals surface area contributed by atoms with Crippen LogP contribution in [0.2, 0.25) is 0 Å². The maximum absolute atomic E-state index is 9.01. The molecule has 2 nitrogen and oxygen atoms in total. The Bertz CT molecular complexity index is 198. The monoisotopic (exact) mass is 137 g/mol. The summed E-state index contributed by atoms with van der Waals surface area (Å²) in [6, 6.07) is 9.46. The molecule has 0 bridgehead atoms. The van der Waals surface area contributed by atoms with E-state index in [-0.39, 0.29) is 0 Å². The molecule has 2 heteroatoms. The van der Waals surface area contributed by atoms with Crippen LogP contribution in [-0.4, -0.2) is 10.2 Å². The lowest BCUT2D eigenvalue weighted by molar-refractivity contribution is -0.152. The van der Waals surface area contributed by atoms with E-state index in [1.54, 1.807) is 24.3 Å². The zero-order valence-electron chi connectivity index (χ0n) is 5.70. The average molecular weight is 137 g/mol. The summed E-state index contributed by atoms with van der Waals surface area (Å²) in [5.41, 5.74) is 0.384. The van der Waals surface area contributed by atoms with E-state index >= 15 is 0 Å². The van der Waals surface area contributed by atoms with E-state index in [0.29, 0.717) is 5.56 Å². The van der Waals surface area contributed by atoms with Crippen molar-refractivity contribution in [3.8, 4) is 0 Å². The molecule has 0 unspecified atom stereocenters. The number of hydrogen-bond acceptors (Lipinski definition) is 2. The van der Waals surface area contributed by atoms with Gasteiger partial charge in [0.05, 0.1) is 0 Å². The van der Waals surface area contributed by atoms with Crippen molar-refractivity contribution in [2.75, 3.05) is 0 Å². The van der Waals surface area contributed by atoms with Gasteiger partial charge < -0.3 is 10.2 Å². The third kappa shape index (κ3) is 1.56. The van der Waals surface area contributed by atoms with Crippen molar-refractivity contribution >= 4 is 0 Å². The van der Waals surface area contributed by atoms with Crippen LogP contribution < -0.4 is 0 Å². The Morgan fingerprint density at radius 2 is 2.10 bits per heavy atom. The number of benzene rings is 1. The maximum Gasteiger partial charge on any atom is 0.187 e. The molecule has 1 aromatic carbocycles. The molecule has 0 spiro atoms. The van der Waals surface area contributed by atoms with Gasteiger partial charge in [-0.25, -0.2) is 0 Å². The fraction of sp³-hybridized carbons (Fsp3) is 0.250. The highest BCUT2D eigenvalue weighted by atomic mass is 16.5. The first-order valence-corrected chi connectivity index (χ1v) is 3.02. The van der Waals surface area contributed by atoms with E-state index in [9.17, 15) is 0 Å². The maximum atomic E-state index is 9.01. The minimum atomic E-state index is -1.76. The molecule has 53 valence electrons. The minimum absolute atomic E-state index is 0.384. The summed E-state index contributed by atoms with van der Waals surface area (Å²) >= 11 is 0. The Morgan fingerprint density at radius 1 is 1.40 bits per heavy atom. The quantitative estimate of drug-likeness (QED) is 0.558. The van der Waals surface area contributed by atoms with Gasteiger partial charge in [-0.15, -0.1) is 0 Å². The van der Waals surface area contributed by atoms with Gasteiger partial charge in [0.1, 0.15) is 0 Å². The fourth-order valence-corrected chi connectivity index (χ4v) is 0.688. The van der Waals surface area contributed by atoms with Crippen LogP contribution in [0.25, 0.3) is 0 Å². The van der Waals surface area contributed by atoms with Crippen molar-refractivity contribution in [2.45, 2.75) is 12.7 Å². The SMILES string of the molecule is CC(O)(O)c1[c]cccc1. The normalized spacial score (nSPS) is 11.5. The summed E-state index contributed by atoms with van der Waals surface area (Å²) < 4.78 is 0. The standard InChI is InChI=1S/C8H9O2/c1-8(9,10)7-5-3-2-4-6-7/h2-5,9-10H,1H3. The van der Waals surface area contributed by atoms with Gasteiger partial charge in [0.15, 0.2) is 5.79 Å². The molecule has 0 saturated carbocycles. The molecule has 0 fully saturated rings. The predicted molar refractivity (Wildman–Crippen MR) is 37.1 cm³/mol. The summed E-state index contributed by atoms with van der Waals surface area (Å²) in [7, 11) is 0. The molecule has 1 rings (SSSR count). The Hall–Kier alpha value is -0.860. The number of rotatable bonds is 1. The van der Waals surface area contributed by atoms with Crippen LogP contribution >= 0.6 is 0 Å². The molecule has 0 heterocycles. The lowest BCUT2D eigenvalue weighted by Gasteiger charge is -2.14. The van der Waals surface area contributed by atoms with Crippen molar-refractivity contribution in [2.24, 2.45) is 0 Å². The first kappa shape index (κ1) is 7.25. The molecule has 0 aromatic heterocycles. The third-order valence-electron chi connectivity index (χ3n) is 1.22. The molecular formula is C8H9O2. The van der Waals surface area contributed by atoms with Gasteiger partial charge in [0, 0.05) is 5.56 Å². The van der Waals surface area contributed by atoms with Crippen molar-refractivity contribution in [3.05, 3.63) is 35.9 Å². The second-order valence-corrected chi connectivity index (χ2v) is 2.30. The van der Waals surface area contributed by atoms with Crippen LogP contribution in [0.5, 0.6) is 0 Å². The molecule has 0 aliphatic heterocycles. The average Bonchev–Trinajstić information content (AvgIpc) is 1.88. The van der Waals surface area contributed by atoms with E-state index in [2.05, 4.69) is 6.07 Å². The lowest BCUT2D eigenvalue weighted by atomic mass is 10.1. The third-order valence-corrected chi connectivity index (χ3v) is 1.22. The highest BCUT2D eigenvalue weighted by Gasteiger charge is 2.16. The van der Waals surface area contributed by atoms with E-state index in [0.717, 1.165) is 0 Å². The topological polar surface area (TPSA) is 40.5 Å². The predicted octanol–water partition coefficient (Wildman–Crippen LogP) is 0.644. The highest BCUT2D eigenvalue weighted by Crippen LogP contribution is 2.14. The van der Waals surface area contributed by atoms with Crippen LogP contribution in [0.3, 0.4) is 0 Å². The van der Waals surface area contributed by atoms with Gasteiger partial charge in [-0.1, -0.05) is 24.3 Å².